The Hall–Kier alpha value is -3.14. The molecule has 120 valence electrons. The fourth-order valence-electron chi connectivity index (χ4n) is 2.63. The molecule has 0 saturated carbocycles. The van der Waals surface area contributed by atoms with E-state index in [1.54, 1.807) is 18.2 Å². The first-order chi connectivity index (χ1) is 11.6. The lowest BCUT2D eigenvalue weighted by Gasteiger charge is -2.13. The minimum Gasteiger partial charge on any atom is -0.321 e. The van der Waals surface area contributed by atoms with Crippen LogP contribution in [0.4, 0.5) is 5.69 Å². The zero-order chi connectivity index (χ0) is 17.1. The quantitative estimate of drug-likeness (QED) is 0.745. The Bertz CT molecular complexity index is 969. The number of anilines is 1. The third-order valence-electron chi connectivity index (χ3n) is 3.87. The number of pyridine rings is 1. The summed E-state index contributed by atoms with van der Waals surface area (Å²) in [5.74, 6) is -0.316. The third kappa shape index (κ3) is 2.99. The fraction of sp³-hybridized carbons (Fsp3) is 0.100. The second-order valence-electron chi connectivity index (χ2n) is 5.64. The molecule has 0 aliphatic rings. The number of carbonyl (C=O) groups is 1. The van der Waals surface area contributed by atoms with Crippen molar-refractivity contribution in [2.45, 2.75) is 13.5 Å². The number of nitrogens with zero attached hydrogens (tertiary/aromatic N) is 1. The number of fused-ring (bicyclic) bond motifs is 1. The number of aryl methyl sites for hydroxylation is 1. The lowest BCUT2D eigenvalue weighted by Crippen LogP contribution is -2.28. The summed E-state index contributed by atoms with van der Waals surface area (Å²) in [5, 5.41) is 4.18. The van der Waals surface area contributed by atoms with Gasteiger partial charge in [0.05, 0.1) is 0 Å². The van der Waals surface area contributed by atoms with Crippen molar-refractivity contribution in [3.63, 3.8) is 0 Å². The van der Waals surface area contributed by atoms with Crippen LogP contribution in [0.2, 0.25) is 0 Å². The van der Waals surface area contributed by atoms with Gasteiger partial charge in [0.1, 0.15) is 5.69 Å². The van der Waals surface area contributed by atoms with E-state index in [0.29, 0.717) is 16.8 Å². The SMILES string of the molecule is C=CCn1c(C(=O)Nc2ccc(C)cc2)cc2ccccc2c1=O. The highest BCUT2D eigenvalue weighted by atomic mass is 16.2. The van der Waals surface area contributed by atoms with E-state index >= 15 is 0 Å². The maximum Gasteiger partial charge on any atom is 0.272 e. The molecular formula is C20H18N2O2. The smallest absolute Gasteiger partial charge is 0.272 e. The van der Waals surface area contributed by atoms with E-state index in [-0.39, 0.29) is 18.0 Å². The summed E-state index contributed by atoms with van der Waals surface area (Å²) in [6.07, 6.45) is 1.61. The number of hydrogen-bond acceptors (Lipinski definition) is 2. The summed E-state index contributed by atoms with van der Waals surface area (Å²) in [7, 11) is 0. The predicted molar refractivity (Wildman–Crippen MR) is 97.5 cm³/mol. The average Bonchev–Trinajstić information content (AvgIpc) is 2.59. The van der Waals surface area contributed by atoms with Gasteiger partial charge in [-0.05, 0) is 36.6 Å². The van der Waals surface area contributed by atoms with Crippen molar-refractivity contribution in [3.05, 3.63) is 88.9 Å². The first-order valence-electron chi connectivity index (χ1n) is 7.71. The summed E-state index contributed by atoms with van der Waals surface area (Å²) < 4.78 is 1.44. The number of aromatic nitrogens is 1. The number of nitrogens with one attached hydrogen (secondary N) is 1. The molecule has 0 atom stereocenters. The van der Waals surface area contributed by atoms with Gasteiger partial charge in [0, 0.05) is 17.6 Å². The van der Waals surface area contributed by atoms with E-state index < -0.39 is 0 Å². The fourth-order valence-corrected chi connectivity index (χ4v) is 2.63. The molecule has 1 heterocycles. The minimum absolute atomic E-state index is 0.193. The molecule has 0 spiro atoms. The number of rotatable bonds is 4. The van der Waals surface area contributed by atoms with Crippen molar-refractivity contribution in [3.8, 4) is 0 Å². The van der Waals surface area contributed by atoms with Crippen LogP contribution in [0.3, 0.4) is 0 Å². The van der Waals surface area contributed by atoms with Crippen LogP contribution in [0.5, 0.6) is 0 Å². The van der Waals surface area contributed by atoms with Gasteiger partial charge in [-0.3, -0.25) is 14.2 Å². The molecule has 0 unspecified atom stereocenters. The maximum absolute atomic E-state index is 12.7. The molecular weight excluding hydrogens is 300 g/mol. The Kier molecular flexibility index (Phi) is 4.29. The molecule has 0 fully saturated rings. The summed E-state index contributed by atoms with van der Waals surface area (Å²) in [6.45, 7) is 5.94. The molecule has 1 amide bonds. The van der Waals surface area contributed by atoms with E-state index in [9.17, 15) is 9.59 Å². The predicted octanol–water partition coefficient (Wildman–Crippen LogP) is 3.75. The van der Waals surface area contributed by atoms with Gasteiger partial charge in [-0.25, -0.2) is 0 Å². The summed E-state index contributed by atoms with van der Waals surface area (Å²) in [6, 6.07) is 16.5. The van der Waals surface area contributed by atoms with E-state index in [4.69, 9.17) is 0 Å². The zero-order valence-electron chi connectivity index (χ0n) is 13.5. The van der Waals surface area contributed by atoms with Crippen molar-refractivity contribution in [2.75, 3.05) is 5.32 Å². The molecule has 0 aliphatic carbocycles. The second kappa shape index (κ2) is 6.54. The largest absolute Gasteiger partial charge is 0.321 e. The van der Waals surface area contributed by atoms with Crippen LogP contribution in [-0.4, -0.2) is 10.5 Å². The Morgan fingerprint density at radius 1 is 1.17 bits per heavy atom. The van der Waals surface area contributed by atoms with Crippen molar-refractivity contribution in [2.24, 2.45) is 0 Å². The van der Waals surface area contributed by atoms with Crippen molar-refractivity contribution >= 4 is 22.4 Å². The van der Waals surface area contributed by atoms with Crippen LogP contribution in [0, 0.1) is 6.92 Å². The summed E-state index contributed by atoms with van der Waals surface area (Å²) in [4.78, 5) is 25.4. The van der Waals surface area contributed by atoms with Gasteiger partial charge in [0.25, 0.3) is 11.5 Å². The van der Waals surface area contributed by atoms with E-state index in [1.807, 2.05) is 49.4 Å². The number of allylic oxidation sites excluding steroid dienone is 1. The first-order valence-corrected chi connectivity index (χ1v) is 7.71. The number of hydrogen-bond donors (Lipinski definition) is 1. The molecule has 4 heteroatoms. The molecule has 0 bridgehead atoms. The van der Waals surface area contributed by atoms with Gasteiger partial charge in [-0.15, -0.1) is 6.58 Å². The van der Waals surface area contributed by atoms with Gasteiger partial charge >= 0.3 is 0 Å². The molecule has 0 saturated heterocycles. The normalized spacial score (nSPS) is 10.5. The van der Waals surface area contributed by atoms with E-state index in [0.717, 1.165) is 10.9 Å². The Labute approximate surface area is 140 Å². The van der Waals surface area contributed by atoms with Gasteiger partial charge in [0.15, 0.2) is 0 Å². The molecule has 0 aliphatic heterocycles. The molecule has 0 radical (unpaired) electrons. The van der Waals surface area contributed by atoms with E-state index in [1.165, 1.54) is 4.57 Å². The highest BCUT2D eigenvalue weighted by Gasteiger charge is 2.15. The monoisotopic (exact) mass is 318 g/mol. The number of carbonyl (C=O) groups excluding carboxylic acids is 1. The first kappa shape index (κ1) is 15.7. The Balaban J connectivity index is 2.08. The third-order valence-corrected chi connectivity index (χ3v) is 3.87. The highest BCUT2D eigenvalue weighted by Crippen LogP contribution is 2.15. The lowest BCUT2D eigenvalue weighted by atomic mass is 10.1. The zero-order valence-corrected chi connectivity index (χ0v) is 13.5. The van der Waals surface area contributed by atoms with Crippen LogP contribution < -0.4 is 10.9 Å². The minimum atomic E-state index is -0.316. The number of amides is 1. The maximum atomic E-state index is 12.7. The average molecular weight is 318 g/mol. The second-order valence-corrected chi connectivity index (χ2v) is 5.64. The highest BCUT2D eigenvalue weighted by molar-refractivity contribution is 6.05. The van der Waals surface area contributed by atoms with Crippen LogP contribution in [0.1, 0.15) is 16.1 Å². The topological polar surface area (TPSA) is 51.1 Å². The molecule has 2 aromatic carbocycles. The van der Waals surface area contributed by atoms with Crippen LogP contribution >= 0.6 is 0 Å². The van der Waals surface area contributed by atoms with Crippen LogP contribution in [0.25, 0.3) is 10.8 Å². The van der Waals surface area contributed by atoms with Crippen molar-refractivity contribution < 1.29 is 4.79 Å². The molecule has 1 aromatic heterocycles. The van der Waals surface area contributed by atoms with Crippen LogP contribution in [-0.2, 0) is 6.54 Å². The van der Waals surface area contributed by atoms with Gasteiger partial charge < -0.3 is 5.32 Å². The van der Waals surface area contributed by atoms with Gasteiger partial charge in [-0.2, -0.15) is 0 Å². The molecule has 3 rings (SSSR count). The van der Waals surface area contributed by atoms with Gasteiger partial charge in [-0.1, -0.05) is 42.0 Å². The lowest BCUT2D eigenvalue weighted by molar-refractivity contribution is 0.101. The van der Waals surface area contributed by atoms with Gasteiger partial charge in [0.2, 0.25) is 0 Å². The Morgan fingerprint density at radius 2 is 1.88 bits per heavy atom. The number of benzene rings is 2. The van der Waals surface area contributed by atoms with E-state index in [2.05, 4.69) is 11.9 Å². The van der Waals surface area contributed by atoms with Crippen molar-refractivity contribution in [1.29, 1.82) is 0 Å². The summed E-state index contributed by atoms with van der Waals surface area (Å²) in [5.41, 5.74) is 1.93. The molecule has 24 heavy (non-hydrogen) atoms. The van der Waals surface area contributed by atoms with Crippen molar-refractivity contribution in [1.82, 2.24) is 4.57 Å². The standard InChI is InChI=1S/C20H18N2O2/c1-3-12-22-18(13-15-6-4-5-7-17(15)20(22)24)19(23)21-16-10-8-14(2)9-11-16/h3-11,13H,1,12H2,2H3,(H,21,23). The molecule has 4 nitrogen and oxygen atoms in total. The van der Waals surface area contributed by atoms with Crippen LogP contribution in [0.15, 0.2) is 72.0 Å². The Morgan fingerprint density at radius 3 is 2.58 bits per heavy atom. The molecule has 1 N–H and O–H groups in total. The summed E-state index contributed by atoms with van der Waals surface area (Å²) >= 11 is 0. The molecule has 3 aromatic rings.